The van der Waals surface area contributed by atoms with E-state index < -0.39 is 51.8 Å². The molecule has 4 amide bonds. The third-order valence-corrected chi connectivity index (χ3v) is 11.3. The lowest BCUT2D eigenvalue weighted by Gasteiger charge is -2.40. The van der Waals surface area contributed by atoms with Gasteiger partial charge in [-0.15, -0.1) is 11.3 Å². The predicted molar refractivity (Wildman–Crippen MR) is 173 cm³/mol. The number of fused-ring (bicyclic) bond motifs is 3. The number of carbonyl (C=O) groups excluding carboxylic acids is 4. The highest BCUT2D eigenvalue weighted by atomic mass is 35.5. The van der Waals surface area contributed by atoms with Crippen LogP contribution in [0.5, 0.6) is 0 Å². The van der Waals surface area contributed by atoms with E-state index in [-0.39, 0.29) is 45.9 Å². The molecule has 2 bridgehead atoms. The molecular weight excluding hydrogens is 661 g/mol. The van der Waals surface area contributed by atoms with E-state index >= 15 is 0 Å². The van der Waals surface area contributed by atoms with Crippen molar-refractivity contribution in [2.75, 3.05) is 13.1 Å². The van der Waals surface area contributed by atoms with Crippen LogP contribution in [0.15, 0.2) is 53.4 Å². The van der Waals surface area contributed by atoms with E-state index in [4.69, 9.17) is 28.9 Å². The van der Waals surface area contributed by atoms with Crippen molar-refractivity contribution in [2.45, 2.75) is 62.7 Å². The second-order valence-electron chi connectivity index (χ2n) is 12.4. The fraction of sp³-hybridized carbons (Fsp3) is 0.400. The van der Waals surface area contributed by atoms with Gasteiger partial charge in [-0.05, 0) is 47.6 Å². The number of halogens is 2. The molecule has 11 nitrogen and oxygen atoms in total. The monoisotopic (exact) mass is 693 g/mol. The van der Waals surface area contributed by atoms with E-state index in [1.807, 2.05) is 45.0 Å². The first-order valence-electron chi connectivity index (χ1n) is 14.2. The third-order valence-electron chi connectivity index (χ3n) is 8.03. The van der Waals surface area contributed by atoms with E-state index in [0.717, 1.165) is 10.1 Å². The number of thiophene rings is 1. The van der Waals surface area contributed by atoms with E-state index in [1.165, 1.54) is 34.4 Å². The molecule has 4 atom stereocenters. The number of hydrogen-bond donors (Lipinski definition) is 3. The molecule has 0 radical (unpaired) electrons. The van der Waals surface area contributed by atoms with Gasteiger partial charge in [-0.25, -0.2) is 8.42 Å². The number of piperazine rings is 1. The van der Waals surface area contributed by atoms with Gasteiger partial charge in [0.25, 0.3) is 5.91 Å². The topological polar surface area (TPSA) is 159 Å². The average Bonchev–Trinajstić information content (AvgIpc) is 3.68. The van der Waals surface area contributed by atoms with Gasteiger partial charge in [0.1, 0.15) is 17.0 Å². The molecule has 3 aromatic rings. The molecule has 1 unspecified atom stereocenters. The Hall–Kier alpha value is -3.23. The highest BCUT2D eigenvalue weighted by Crippen LogP contribution is 2.35. The maximum Gasteiger partial charge on any atom is 0.262 e. The van der Waals surface area contributed by atoms with E-state index in [9.17, 15) is 27.6 Å². The lowest BCUT2D eigenvalue weighted by molar-refractivity contribution is -0.143. The van der Waals surface area contributed by atoms with Crippen LogP contribution in [0.1, 0.15) is 43.3 Å². The summed E-state index contributed by atoms with van der Waals surface area (Å²) in [6.45, 7) is 5.95. The molecule has 2 aromatic carbocycles. The van der Waals surface area contributed by atoms with Crippen LogP contribution >= 0.6 is 34.5 Å². The number of amides is 4. The maximum atomic E-state index is 13.9. The summed E-state index contributed by atoms with van der Waals surface area (Å²) in [6, 6.07) is 10.2. The van der Waals surface area contributed by atoms with Crippen LogP contribution in [-0.2, 0) is 24.4 Å². The number of hydrogen-bond acceptors (Lipinski definition) is 7. The first kappa shape index (κ1) is 33.1. The van der Waals surface area contributed by atoms with Crippen LogP contribution in [0.2, 0.25) is 10.0 Å². The minimum absolute atomic E-state index is 0.134. The van der Waals surface area contributed by atoms with Crippen molar-refractivity contribution < 1.29 is 27.6 Å². The Morgan fingerprint density at radius 3 is 2.22 bits per heavy atom. The molecule has 2 aliphatic heterocycles. The lowest BCUT2D eigenvalue weighted by atomic mass is 9.85. The zero-order chi connectivity index (χ0) is 32.8. The minimum atomic E-state index is -4.33. The second kappa shape index (κ2) is 12.5. The molecule has 2 aliphatic rings. The van der Waals surface area contributed by atoms with Crippen molar-refractivity contribution in [3.05, 3.63) is 63.5 Å². The fourth-order valence-electron chi connectivity index (χ4n) is 5.84. The smallest absolute Gasteiger partial charge is 0.262 e. The summed E-state index contributed by atoms with van der Waals surface area (Å²) < 4.78 is 29.5. The normalized spacial score (nSPS) is 19.5. The highest BCUT2D eigenvalue weighted by Gasteiger charge is 2.51. The number of benzene rings is 2. The summed E-state index contributed by atoms with van der Waals surface area (Å²) in [7, 11) is -4.33. The number of nitrogens with zero attached hydrogens (tertiary/aromatic N) is 2. The van der Waals surface area contributed by atoms with Crippen LogP contribution in [0, 0.1) is 5.41 Å². The highest BCUT2D eigenvalue weighted by molar-refractivity contribution is 7.89. The van der Waals surface area contributed by atoms with E-state index in [0.29, 0.717) is 11.3 Å². The number of rotatable bonds is 9. The zero-order valence-corrected chi connectivity index (χ0v) is 27.9. The summed E-state index contributed by atoms with van der Waals surface area (Å²) in [6.07, 6.45) is -0.104. The molecule has 45 heavy (non-hydrogen) atoms. The Morgan fingerprint density at radius 1 is 1.00 bits per heavy atom. The quantitative estimate of drug-likeness (QED) is 0.312. The van der Waals surface area contributed by atoms with E-state index in [2.05, 4.69) is 10.0 Å². The van der Waals surface area contributed by atoms with Gasteiger partial charge < -0.3 is 20.9 Å². The number of likely N-dealkylation sites (tertiary alicyclic amines) is 2. The molecule has 2 saturated heterocycles. The molecule has 4 N–H and O–H groups in total. The maximum absolute atomic E-state index is 13.9. The Balaban J connectivity index is 1.29. The van der Waals surface area contributed by atoms with Gasteiger partial charge >= 0.3 is 0 Å². The molecule has 0 aliphatic carbocycles. The summed E-state index contributed by atoms with van der Waals surface area (Å²) in [5.74, 6) is -2.11. The Kier molecular flexibility index (Phi) is 9.22. The molecule has 2 fully saturated rings. The number of primary amides is 1. The van der Waals surface area contributed by atoms with Crippen LogP contribution in [0.3, 0.4) is 0 Å². The molecule has 5 rings (SSSR count). The summed E-state index contributed by atoms with van der Waals surface area (Å²) >= 11 is 13.3. The van der Waals surface area contributed by atoms with Gasteiger partial charge in [0, 0.05) is 22.8 Å². The Bertz CT molecular complexity index is 1760. The van der Waals surface area contributed by atoms with Gasteiger partial charge in [-0.1, -0.05) is 62.2 Å². The van der Waals surface area contributed by atoms with Gasteiger partial charge in [-0.3, -0.25) is 19.2 Å². The van der Waals surface area contributed by atoms with E-state index in [1.54, 1.807) is 11.0 Å². The SMILES string of the molecule is CC(C)(C)C(NC(=O)c1cc2ccccc2s1)C(=O)N1C[C@@H]2C[C@H]1CN2C(=O)[C@H](CC(N)=O)NS(=O)(=O)c1ccc(Cl)cc1Cl. The van der Waals surface area contributed by atoms with Gasteiger partial charge in [0.15, 0.2) is 0 Å². The van der Waals surface area contributed by atoms with Crippen LogP contribution in [0.4, 0.5) is 0 Å². The molecule has 0 saturated carbocycles. The molecule has 240 valence electrons. The molecule has 3 heterocycles. The minimum Gasteiger partial charge on any atom is -0.370 e. The lowest BCUT2D eigenvalue weighted by Crippen LogP contribution is -2.60. The van der Waals surface area contributed by atoms with Crippen molar-refractivity contribution >= 4 is 78.3 Å². The molecule has 0 spiro atoms. The second-order valence-corrected chi connectivity index (χ2v) is 16.0. The fourth-order valence-corrected chi connectivity index (χ4v) is 8.77. The zero-order valence-electron chi connectivity index (χ0n) is 24.8. The Morgan fingerprint density at radius 2 is 1.64 bits per heavy atom. The first-order chi connectivity index (χ1) is 21.0. The molecule has 1 aromatic heterocycles. The molecule has 15 heteroatoms. The number of carbonyl (C=O) groups is 4. The van der Waals surface area contributed by atoms with Crippen molar-refractivity contribution in [3.8, 4) is 0 Å². The molecular formula is C30H33Cl2N5O6S2. The summed E-state index contributed by atoms with van der Waals surface area (Å²) in [4.78, 5) is 56.0. The first-order valence-corrected chi connectivity index (χ1v) is 17.3. The predicted octanol–water partition coefficient (Wildman–Crippen LogP) is 3.39. The van der Waals surface area contributed by atoms with Gasteiger partial charge in [0.05, 0.1) is 28.4 Å². The average molecular weight is 695 g/mol. The number of nitrogens with two attached hydrogens (primary N) is 1. The third kappa shape index (κ3) is 6.97. The Labute approximate surface area is 275 Å². The largest absolute Gasteiger partial charge is 0.370 e. The standard InChI is InChI=1S/C30H33Cl2N5O6S2/c1-30(2,3)26(34-27(39)23-10-16-6-4-5-7-22(16)44-23)29(41)37-15-18-12-19(37)14-36(18)28(40)21(13-25(33)38)35-45(42,43)24-9-8-17(31)11-20(24)32/h4-11,18-19,21,26,35H,12-15H2,1-3H3,(H2,33,38)(H,34,39)/t18-,19-,21-,26?/m0/s1. The van der Waals surface area contributed by atoms with Crippen LogP contribution < -0.4 is 15.8 Å². The van der Waals surface area contributed by atoms with Gasteiger partial charge in [0.2, 0.25) is 27.7 Å². The van der Waals surface area contributed by atoms with Crippen LogP contribution in [0.25, 0.3) is 10.1 Å². The number of nitrogens with one attached hydrogen (secondary N) is 2. The summed E-state index contributed by atoms with van der Waals surface area (Å²) in [5.41, 5.74) is 4.76. The van der Waals surface area contributed by atoms with Crippen molar-refractivity contribution in [2.24, 2.45) is 11.1 Å². The van der Waals surface area contributed by atoms with Crippen molar-refractivity contribution in [3.63, 3.8) is 0 Å². The van der Waals surface area contributed by atoms with Gasteiger partial charge in [-0.2, -0.15) is 4.72 Å². The van der Waals surface area contributed by atoms with Crippen molar-refractivity contribution in [1.82, 2.24) is 19.8 Å². The summed E-state index contributed by atoms with van der Waals surface area (Å²) in [5, 5.41) is 3.97. The number of sulfonamides is 1. The van der Waals surface area contributed by atoms with Crippen LogP contribution in [-0.4, -0.2) is 79.1 Å². The van der Waals surface area contributed by atoms with Crippen molar-refractivity contribution in [1.29, 1.82) is 0 Å².